The molecule has 2 aromatic rings. The van der Waals surface area contributed by atoms with Gasteiger partial charge in [-0.3, -0.25) is 10.1 Å². The molecule has 0 amide bonds. The fraction of sp³-hybridized carbons (Fsp3) is 0.200. The van der Waals surface area contributed by atoms with E-state index in [-0.39, 0.29) is 11.7 Å². The van der Waals surface area contributed by atoms with Gasteiger partial charge in [-0.05, 0) is 18.6 Å². The summed E-state index contributed by atoms with van der Waals surface area (Å²) in [6.45, 7) is 1.88. The van der Waals surface area contributed by atoms with E-state index in [1.165, 1.54) is 12.1 Å². The number of nitrogens with two attached hydrogens (primary N) is 1. The van der Waals surface area contributed by atoms with Gasteiger partial charge in [0.15, 0.2) is 0 Å². The molecule has 0 radical (unpaired) electrons. The zero-order valence-electron chi connectivity index (χ0n) is 8.23. The van der Waals surface area contributed by atoms with Gasteiger partial charge in [-0.25, -0.2) is 0 Å². The smallest absolute Gasteiger partial charge is 0.271 e. The Bertz CT molecular complexity index is 516. The lowest BCUT2D eigenvalue weighted by molar-refractivity contribution is -0.384. The fourth-order valence-electron chi connectivity index (χ4n) is 1.63. The van der Waals surface area contributed by atoms with Crippen molar-refractivity contribution < 1.29 is 4.92 Å². The first-order valence-electron chi connectivity index (χ1n) is 4.60. The monoisotopic (exact) mass is 205 g/mol. The van der Waals surface area contributed by atoms with Crippen LogP contribution >= 0.6 is 0 Å². The van der Waals surface area contributed by atoms with Gasteiger partial charge in [-0.1, -0.05) is 0 Å². The zero-order valence-corrected chi connectivity index (χ0v) is 8.23. The highest BCUT2D eigenvalue weighted by molar-refractivity contribution is 5.85. The molecular weight excluding hydrogens is 194 g/mol. The van der Waals surface area contributed by atoms with E-state index in [4.69, 9.17) is 5.73 Å². The van der Waals surface area contributed by atoms with Crippen LogP contribution in [0.2, 0.25) is 0 Å². The van der Waals surface area contributed by atoms with E-state index in [2.05, 4.69) is 4.98 Å². The molecule has 1 heterocycles. The molecule has 15 heavy (non-hydrogen) atoms. The second kappa shape index (κ2) is 3.36. The summed E-state index contributed by atoms with van der Waals surface area (Å²) in [5.41, 5.74) is 7.57. The van der Waals surface area contributed by atoms with Crippen LogP contribution in [0.5, 0.6) is 0 Å². The maximum atomic E-state index is 10.6. The zero-order chi connectivity index (χ0) is 11.0. The van der Waals surface area contributed by atoms with Gasteiger partial charge in [0.05, 0.1) is 10.4 Å². The number of H-pyrrole nitrogens is 1. The van der Waals surface area contributed by atoms with Crippen LogP contribution in [0.25, 0.3) is 10.9 Å². The van der Waals surface area contributed by atoms with Crippen molar-refractivity contribution in [2.75, 3.05) is 0 Å². The molecule has 1 atom stereocenters. The lowest BCUT2D eigenvalue weighted by Gasteiger charge is -2.01. The third-order valence-corrected chi connectivity index (χ3v) is 2.40. The highest BCUT2D eigenvalue weighted by Gasteiger charge is 2.11. The minimum atomic E-state index is -0.411. The molecule has 0 fully saturated rings. The number of aromatic nitrogens is 1. The lowest BCUT2D eigenvalue weighted by Crippen LogP contribution is -2.03. The number of nitrogens with one attached hydrogen (secondary N) is 1. The molecule has 0 aliphatic heterocycles. The SMILES string of the molecule is C[C@@H](N)c1c[nH]c2cc([N+](=O)[O-])ccc12. The number of nitrogens with zero attached hydrogens (tertiary/aromatic N) is 1. The minimum absolute atomic E-state index is 0.0831. The first kappa shape index (κ1) is 9.67. The Hall–Kier alpha value is -1.88. The summed E-state index contributed by atoms with van der Waals surface area (Å²) in [6.07, 6.45) is 1.79. The molecule has 0 saturated carbocycles. The second-order valence-corrected chi connectivity index (χ2v) is 3.52. The van der Waals surface area contributed by atoms with Gasteiger partial charge in [0.2, 0.25) is 0 Å². The highest BCUT2D eigenvalue weighted by atomic mass is 16.6. The van der Waals surface area contributed by atoms with Crippen LogP contribution in [0.15, 0.2) is 24.4 Å². The van der Waals surface area contributed by atoms with Crippen molar-refractivity contribution in [3.8, 4) is 0 Å². The Labute approximate surface area is 86.0 Å². The number of hydrogen-bond donors (Lipinski definition) is 2. The van der Waals surface area contributed by atoms with Gasteiger partial charge >= 0.3 is 0 Å². The topological polar surface area (TPSA) is 85.0 Å². The molecule has 3 N–H and O–H groups in total. The van der Waals surface area contributed by atoms with Gasteiger partial charge in [-0.2, -0.15) is 0 Å². The fourth-order valence-corrected chi connectivity index (χ4v) is 1.63. The summed E-state index contributed by atoms with van der Waals surface area (Å²) >= 11 is 0. The molecule has 1 aromatic heterocycles. The second-order valence-electron chi connectivity index (χ2n) is 3.52. The number of benzene rings is 1. The van der Waals surface area contributed by atoms with E-state index in [1.54, 1.807) is 12.3 Å². The summed E-state index contributed by atoms with van der Waals surface area (Å²) in [7, 11) is 0. The lowest BCUT2D eigenvalue weighted by atomic mass is 10.1. The summed E-state index contributed by atoms with van der Waals surface area (Å²) in [5.74, 6) is 0. The van der Waals surface area contributed by atoms with E-state index in [1.807, 2.05) is 6.92 Å². The van der Waals surface area contributed by atoms with Crippen LogP contribution in [-0.2, 0) is 0 Å². The summed E-state index contributed by atoms with van der Waals surface area (Å²) in [4.78, 5) is 13.1. The number of aromatic amines is 1. The van der Waals surface area contributed by atoms with Crippen molar-refractivity contribution in [1.29, 1.82) is 0 Å². The van der Waals surface area contributed by atoms with Crippen molar-refractivity contribution in [3.63, 3.8) is 0 Å². The van der Waals surface area contributed by atoms with Crippen molar-refractivity contribution in [2.24, 2.45) is 5.73 Å². The molecule has 0 spiro atoms. The summed E-state index contributed by atoms with van der Waals surface area (Å²) in [6, 6.07) is 4.64. The van der Waals surface area contributed by atoms with Crippen molar-refractivity contribution >= 4 is 16.6 Å². The predicted molar refractivity (Wildman–Crippen MR) is 57.6 cm³/mol. The molecule has 5 nitrogen and oxygen atoms in total. The van der Waals surface area contributed by atoms with E-state index in [0.717, 1.165) is 16.5 Å². The van der Waals surface area contributed by atoms with Gasteiger partial charge in [0.25, 0.3) is 5.69 Å². The average Bonchev–Trinajstić information content (AvgIpc) is 2.59. The first-order chi connectivity index (χ1) is 7.09. The molecule has 5 heteroatoms. The predicted octanol–water partition coefficient (Wildman–Crippen LogP) is 2.10. The third-order valence-electron chi connectivity index (χ3n) is 2.40. The Morgan fingerprint density at radius 1 is 1.53 bits per heavy atom. The number of fused-ring (bicyclic) bond motifs is 1. The molecule has 0 unspecified atom stereocenters. The molecule has 0 aliphatic rings. The normalized spacial score (nSPS) is 12.9. The number of non-ortho nitro benzene ring substituents is 1. The Balaban J connectivity index is 2.61. The largest absolute Gasteiger partial charge is 0.361 e. The molecule has 1 aromatic carbocycles. The maximum Gasteiger partial charge on any atom is 0.271 e. The maximum absolute atomic E-state index is 10.6. The summed E-state index contributed by atoms with van der Waals surface area (Å²) < 4.78 is 0. The van der Waals surface area contributed by atoms with Crippen molar-refractivity contribution in [3.05, 3.63) is 40.1 Å². The van der Waals surface area contributed by atoms with Gasteiger partial charge < -0.3 is 10.7 Å². The molecule has 2 rings (SSSR count). The molecule has 0 bridgehead atoms. The van der Waals surface area contributed by atoms with Gasteiger partial charge in [0.1, 0.15) is 0 Å². The van der Waals surface area contributed by atoms with Gasteiger partial charge in [-0.15, -0.1) is 0 Å². The Kier molecular flexibility index (Phi) is 2.17. The average molecular weight is 205 g/mol. The molecule has 0 aliphatic carbocycles. The Morgan fingerprint density at radius 3 is 2.87 bits per heavy atom. The summed E-state index contributed by atoms with van der Waals surface area (Å²) in [5, 5.41) is 11.5. The number of rotatable bonds is 2. The first-order valence-corrected chi connectivity index (χ1v) is 4.60. The van der Waals surface area contributed by atoms with Crippen LogP contribution in [0, 0.1) is 10.1 Å². The molecule has 0 saturated heterocycles. The standard InChI is InChI=1S/C10H11N3O2/c1-6(11)9-5-12-10-4-7(13(14)15)2-3-8(9)10/h2-6,12H,11H2,1H3/t6-/m1/s1. The van der Waals surface area contributed by atoms with Crippen LogP contribution in [0.3, 0.4) is 0 Å². The number of nitro benzene ring substituents is 1. The number of nitro groups is 1. The Morgan fingerprint density at radius 2 is 2.27 bits per heavy atom. The van der Waals surface area contributed by atoms with Crippen molar-refractivity contribution in [1.82, 2.24) is 4.98 Å². The minimum Gasteiger partial charge on any atom is -0.361 e. The van der Waals surface area contributed by atoms with Gasteiger partial charge in [0, 0.05) is 29.8 Å². The van der Waals surface area contributed by atoms with Crippen LogP contribution in [0.4, 0.5) is 5.69 Å². The van der Waals surface area contributed by atoms with E-state index in [9.17, 15) is 10.1 Å². The van der Waals surface area contributed by atoms with Crippen LogP contribution in [-0.4, -0.2) is 9.91 Å². The van der Waals surface area contributed by atoms with E-state index in [0.29, 0.717) is 0 Å². The quantitative estimate of drug-likeness (QED) is 0.581. The van der Waals surface area contributed by atoms with Crippen LogP contribution < -0.4 is 5.73 Å². The van der Waals surface area contributed by atoms with Crippen LogP contribution in [0.1, 0.15) is 18.5 Å². The van der Waals surface area contributed by atoms with Crippen molar-refractivity contribution in [2.45, 2.75) is 13.0 Å². The van der Waals surface area contributed by atoms with E-state index >= 15 is 0 Å². The third kappa shape index (κ3) is 1.57. The number of hydrogen-bond acceptors (Lipinski definition) is 3. The highest BCUT2D eigenvalue weighted by Crippen LogP contribution is 2.25. The molecule has 78 valence electrons. The molecular formula is C10H11N3O2. The van der Waals surface area contributed by atoms with E-state index < -0.39 is 4.92 Å².